The van der Waals surface area contributed by atoms with E-state index in [2.05, 4.69) is 52.2 Å². The van der Waals surface area contributed by atoms with Crippen molar-refractivity contribution in [1.29, 1.82) is 0 Å². The van der Waals surface area contributed by atoms with Gasteiger partial charge < -0.3 is 20.3 Å². The molecule has 1 aromatic carbocycles. The van der Waals surface area contributed by atoms with Crippen LogP contribution in [0.25, 0.3) is 0 Å². The second-order valence-electron chi connectivity index (χ2n) is 12.5. The van der Waals surface area contributed by atoms with E-state index in [0.29, 0.717) is 22.3 Å². The number of morpholine rings is 1. The molecule has 3 rings (SSSR count). The van der Waals surface area contributed by atoms with Crippen molar-refractivity contribution >= 4 is 52.0 Å². The van der Waals surface area contributed by atoms with Crippen LogP contribution in [0.15, 0.2) is 30.3 Å². The Hall–Kier alpha value is -2.60. The van der Waals surface area contributed by atoms with E-state index in [1.165, 1.54) is 23.1 Å². The molecule has 0 saturated carbocycles. The van der Waals surface area contributed by atoms with Crippen LogP contribution in [0.5, 0.6) is 0 Å². The minimum Gasteiger partial charge on any atom is -0.370 e. The van der Waals surface area contributed by atoms with Gasteiger partial charge in [0, 0.05) is 37.4 Å². The van der Waals surface area contributed by atoms with E-state index in [1.54, 1.807) is 12.1 Å². The molecule has 1 fully saturated rings. The lowest BCUT2D eigenvalue weighted by Crippen LogP contribution is -2.54. The zero-order valence-electron chi connectivity index (χ0n) is 24.4. The Morgan fingerprint density at radius 2 is 1.76 bits per heavy atom. The van der Waals surface area contributed by atoms with Crippen LogP contribution in [0.1, 0.15) is 63.2 Å². The van der Waals surface area contributed by atoms with Crippen LogP contribution in [0.2, 0.25) is 4.34 Å². The number of carbonyl (C=O) groups is 3. The Kier molecular flexibility index (Phi) is 10.9. The van der Waals surface area contributed by atoms with E-state index in [0.717, 1.165) is 11.3 Å². The van der Waals surface area contributed by atoms with Crippen molar-refractivity contribution in [3.8, 4) is 0 Å². The van der Waals surface area contributed by atoms with Crippen LogP contribution in [-0.4, -0.2) is 68.1 Å². The van der Waals surface area contributed by atoms with E-state index in [-0.39, 0.29) is 60.0 Å². The lowest BCUT2D eigenvalue weighted by molar-refractivity contribution is -0.125. The van der Waals surface area contributed by atoms with Crippen LogP contribution in [0.3, 0.4) is 0 Å². The van der Waals surface area contributed by atoms with Gasteiger partial charge in [-0.3, -0.25) is 19.3 Å². The van der Waals surface area contributed by atoms with Gasteiger partial charge in [0.25, 0.3) is 18.2 Å². The normalized spacial score (nSPS) is 15.4. The largest absolute Gasteiger partial charge is 0.370 e. The minimum atomic E-state index is -2.87. The van der Waals surface area contributed by atoms with Gasteiger partial charge in [0.2, 0.25) is 5.91 Å². The summed E-state index contributed by atoms with van der Waals surface area (Å²) in [6.07, 6.45) is -2.87. The first kappa shape index (κ1) is 32.9. The van der Waals surface area contributed by atoms with Crippen molar-refractivity contribution in [3.05, 3.63) is 45.1 Å². The monoisotopic (exact) mass is 612 g/mol. The maximum atomic E-state index is 14.1. The van der Waals surface area contributed by atoms with Gasteiger partial charge in [0.05, 0.1) is 21.5 Å². The van der Waals surface area contributed by atoms with Crippen LogP contribution < -0.4 is 15.5 Å². The molecule has 0 aliphatic carbocycles. The van der Waals surface area contributed by atoms with Gasteiger partial charge in [0.15, 0.2) is 0 Å². The molecule has 2 N–H and O–H groups in total. The molecule has 0 radical (unpaired) electrons. The third kappa shape index (κ3) is 9.73. The molecular weight excluding hydrogens is 574 g/mol. The van der Waals surface area contributed by atoms with Gasteiger partial charge in [-0.2, -0.15) is 0 Å². The van der Waals surface area contributed by atoms with E-state index in [4.69, 9.17) is 16.3 Å². The second kappa shape index (κ2) is 13.6. The molecule has 8 nitrogen and oxygen atoms in total. The molecule has 2 heterocycles. The predicted molar refractivity (Wildman–Crippen MR) is 159 cm³/mol. The number of hydrogen-bond donors (Lipinski definition) is 2. The average molecular weight is 613 g/mol. The third-order valence-corrected chi connectivity index (χ3v) is 7.39. The third-order valence-electron chi connectivity index (χ3n) is 6.16. The van der Waals surface area contributed by atoms with E-state index >= 15 is 0 Å². The van der Waals surface area contributed by atoms with Gasteiger partial charge in [-0.25, -0.2) is 8.78 Å². The summed E-state index contributed by atoms with van der Waals surface area (Å²) in [6.45, 7) is 13.7. The second-order valence-corrected chi connectivity index (χ2v) is 14.2. The lowest BCUT2D eigenvalue weighted by Gasteiger charge is -2.39. The zero-order valence-corrected chi connectivity index (χ0v) is 25.9. The molecule has 1 aromatic heterocycles. The summed E-state index contributed by atoms with van der Waals surface area (Å²) in [5.74, 6) is -1.21. The first-order valence-electron chi connectivity index (χ1n) is 13.4. The standard InChI is InChI=1S/C29H39ClF2N4O4S/c1-28(2,3)16-35(17-29(4,5)6)21(14-33-27(39)22-9-10-23(30)41-22)26(38)34-18-7-8-20(19(13-18)25(31)32)36-11-12-40-15-24(36)37/h7-10,13,21,25H,11-12,14-17H2,1-6H3,(H,33,39)(H,34,38)/t21-/m0/s1. The Bertz CT molecular complexity index is 1230. The van der Waals surface area contributed by atoms with Gasteiger partial charge in [-0.1, -0.05) is 53.1 Å². The maximum Gasteiger partial charge on any atom is 0.265 e. The average Bonchev–Trinajstić information content (AvgIpc) is 3.29. The number of halogens is 3. The maximum absolute atomic E-state index is 14.1. The number of nitrogens with zero attached hydrogens (tertiary/aromatic N) is 2. The molecule has 226 valence electrons. The molecule has 3 amide bonds. The van der Waals surface area contributed by atoms with E-state index in [9.17, 15) is 23.2 Å². The minimum absolute atomic E-state index is 0.00554. The molecule has 1 aliphatic heterocycles. The first-order valence-corrected chi connectivity index (χ1v) is 14.6. The van der Waals surface area contributed by atoms with Crippen molar-refractivity contribution in [3.63, 3.8) is 0 Å². The Labute approximate surface area is 249 Å². The number of alkyl halides is 2. The number of ether oxygens (including phenoxy) is 1. The highest BCUT2D eigenvalue weighted by atomic mass is 35.5. The number of benzene rings is 1. The van der Waals surface area contributed by atoms with Crippen LogP contribution in [0.4, 0.5) is 20.2 Å². The van der Waals surface area contributed by atoms with Crippen molar-refractivity contribution in [2.75, 3.05) is 49.6 Å². The highest BCUT2D eigenvalue weighted by Gasteiger charge is 2.33. The van der Waals surface area contributed by atoms with Gasteiger partial charge >= 0.3 is 0 Å². The summed E-state index contributed by atoms with van der Waals surface area (Å²) in [7, 11) is 0. The van der Waals surface area contributed by atoms with Crippen molar-refractivity contribution in [2.45, 2.75) is 54.0 Å². The van der Waals surface area contributed by atoms with Crippen LogP contribution >= 0.6 is 22.9 Å². The molecule has 1 aliphatic rings. The topological polar surface area (TPSA) is 91.0 Å². The Morgan fingerprint density at radius 3 is 2.29 bits per heavy atom. The lowest BCUT2D eigenvalue weighted by atomic mass is 9.90. The van der Waals surface area contributed by atoms with Crippen molar-refractivity contribution in [1.82, 2.24) is 10.2 Å². The molecule has 1 atom stereocenters. The molecule has 1 saturated heterocycles. The molecule has 0 unspecified atom stereocenters. The molecule has 2 aromatic rings. The van der Waals surface area contributed by atoms with Crippen molar-refractivity contribution in [2.24, 2.45) is 10.8 Å². The number of anilines is 2. The SMILES string of the molecule is CC(C)(C)CN(CC(C)(C)C)[C@@H](CNC(=O)c1ccc(Cl)s1)C(=O)Nc1ccc(N2CCOCC2=O)c(C(F)F)c1. The smallest absolute Gasteiger partial charge is 0.265 e. The summed E-state index contributed by atoms with van der Waals surface area (Å²) in [6, 6.07) is 6.56. The Morgan fingerprint density at radius 1 is 1.10 bits per heavy atom. The fraction of sp³-hybridized carbons (Fsp3) is 0.552. The highest BCUT2D eigenvalue weighted by Crippen LogP contribution is 2.33. The van der Waals surface area contributed by atoms with Crippen molar-refractivity contribution < 1.29 is 27.9 Å². The number of thiophene rings is 1. The van der Waals surface area contributed by atoms with Crippen LogP contribution in [0, 0.1) is 10.8 Å². The number of hydrogen-bond acceptors (Lipinski definition) is 6. The first-order chi connectivity index (χ1) is 19.0. The number of carbonyl (C=O) groups excluding carboxylic acids is 3. The fourth-order valence-electron chi connectivity index (χ4n) is 4.65. The number of rotatable bonds is 10. The summed E-state index contributed by atoms with van der Waals surface area (Å²) in [5.41, 5.74) is -0.456. The van der Waals surface area contributed by atoms with E-state index in [1.807, 2.05) is 4.90 Å². The number of nitrogens with one attached hydrogen (secondary N) is 2. The van der Waals surface area contributed by atoms with Gasteiger partial charge in [-0.15, -0.1) is 11.3 Å². The molecule has 0 bridgehead atoms. The highest BCUT2D eigenvalue weighted by molar-refractivity contribution is 7.18. The summed E-state index contributed by atoms with van der Waals surface area (Å²) in [5, 5.41) is 5.64. The molecule has 0 spiro atoms. The van der Waals surface area contributed by atoms with E-state index < -0.39 is 24.3 Å². The molecular formula is C29H39ClF2N4O4S. The summed E-state index contributed by atoms with van der Waals surface area (Å²) in [4.78, 5) is 42.7. The Balaban J connectivity index is 1.91. The number of amides is 3. The zero-order chi connectivity index (χ0) is 30.5. The summed E-state index contributed by atoms with van der Waals surface area (Å²) < 4.78 is 33.8. The summed E-state index contributed by atoms with van der Waals surface area (Å²) >= 11 is 7.13. The van der Waals surface area contributed by atoms with Crippen LogP contribution in [-0.2, 0) is 14.3 Å². The molecule has 41 heavy (non-hydrogen) atoms. The van der Waals surface area contributed by atoms with Gasteiger partial charge in [-0.05, 0) is 41.2 Å². The van der Waals surface area contributed by atoms with Gasteiger partial charge in [0.1, 0.15) is 12.6 Å². The molecule has 12 heteroatoms. The quantitative estimate of drug-likeness (QED) is 0.352. The fourth-order valence-corrected chi connectivity index (χ4v) is 5.61. The predicted octanol–water partition coefficient (Wildman–Crippen LogP) is 5.83.